The van der Waals surface area contributed by atoms with Crippen LogP contribution in [-0.4, -0.2) is 0 Å². The van der Waals surface area contributed by atoms with Gasteiger partial charge in [-0.25, -0.2) is 0 Å². The van der Waals surface area contributed by atoms with Crippen LogP contribution in [0.15, 0.2) is 72.8 Å². The number of hydrogen-bond donors (Lipinski definition) is 0. The van der Waals surface area contributed by atoms with Crippen LogP contribution in [0, 0.1) is 6.92 Å². The molecule has 102 valence electrons. The molecule has 1 nitrogen and oxygen atoms in total. The molecule has 0 bridgehead atoms. The maximum Gasteiger partial charge on any atom is 0.172 e. The van der Waals surface area contributed by atoms with Crippen molar-refractivity contribution in [2.75, 3.05) is 0 Å². The Morgan fingerprint density at radius 3 is 1.67 bits per heavy atom. The molecule has 0 unspecified atom stereocenters. The third-order valence-electron chi connectivity index (χ3n) is 4.17. The highest BCUT2D eigenvalue weighted by molar-refractivity contribution is 7.86. The van der Waals surface area contributed by atoms with Gasteiger partial charge in [-0.05, 0) is 18.1 Å². The minimum atomic E-state index is -2.72. The van der Waals surface area contributed by atoms with Gasteiger partial charge in [-0.1, -0.05) is 78.4 Å². The van der Waals surface area contributed by atoms with Crippen molar-refractivity contribution in [1.82, 2.24) is 0 Å². The second-order valence-electron chi connectivity index (χ2n) is 5.48. The van der Waals surface area contributed by atoms with Crippen molar-refractivity contribution in [3.05, 3.63) is 78.4 Å². The van der Waals surface area contributed by atoms with E-state index in [-0.39, 0.29) is 0 Å². The second-order valence-corrected chi connectivity index (χ2v) is 8.18. The quantitative estimate of drug-likeness (QED) is 0.489. The number of hydrogen-bond acceptors (Lipinski definition) is 1. The Balaban J connectivity index is 2.09. The third-order valence-corrected chi connectivity index (χ3v) is 7.34. The molecule has 2 heteroatoms. The summed E-state index contributed by atoms with van der Waals surface area (Å²) in [4.78, 5) is 0. The lowest BCUT2D eigenvalue weighted by molar-refractivity contribution is 0.593. The van der Waals surface area contributed by atoms with Gasteiger partial charge in [0.05, 0.1) is 0 Å². The molecular weight excluding hydrogens is 275 g/mol. The van der Waals surface area contributed by atoms with Gasteiger partial charge < -0.3 is 4.57 Å². The van der Waals surface area contributed by atoms with Gasteiger partial charge in [-0.15, -0.1) is 0 Å². The molecule has 4 rings (SSSR count). The van der Waals surface area contributed by atoms with Crippen LogP contribution < -0.4 is 15.9 Å². The largest absolute Gasteiger partial charge is 0.309 e. The van der Waals surface area contributed by atoms with Crippen LogP contribution in [0.1, 0.15) is 5.56 Å². The van der Waals surface area contributed by atoms with Crippen LogP contribution in [0.3, 0.4) is 0 Å². The first-order valence-electron chi connectivity index (χ1n) is 7.08. The summed E-state index contributed by atoms with van der Waals surface area (Å²) in [5.41, 5.74) is 3.40. The zero-order valence-corrected chi connectivity index (χ0v) is 12.7. The molecule has 3 aromatic rings. The molecule has 21 heavy (non-hydrogen) atoms. The zero-order valence-electron chi connectivity index (χ0n) is 11.8. The highest BCUT2D eigenvalue weighted by Gasteiger charge is 2.39. The Bertz CT molecular complexity index is 829. The summed E-state index contributed by atoms with van der Waals surface area (Å²) >= 11 is 0. The molecule has 0 saturated carbocycles. The molecule has 0 amide bonds. The molecule has 0 aromatic heterocycles. The SMILES string of the molecule is Cc1ccc(P2(=O)c3ccccc3-c3ccccc32)cc1. The van der Waals surface area contributed by atoms with Gasteiger partial charge in [-0.2, -0.15) is 0 Å². The van der Waals surface area contributed by atoms with Crippen molar-refractivity contribution >= 4 is 23.1 Å². The van der Waals surface area contributed by atoms with Crippen LogP contribution in [0.4, 0.5) is 0 Å². The first-order valence-corrected chi connectivity index (χ1v) is 8.79. The fourth-order valence-corrected chi connectivity index (χ4v) is 6.16. The van der Waals surface area contributed by atoms with Crippen molar-refractivity contribution in [3.63, 3.8) is 0 Å². The first kappa shape index (κ1) is 12.6. The van der Waals surface area contributed by atoms with Gasteiger partial charge >= 0.3 is 0 Å². The Hall–Kier alpha value is -2.11. The third kappa shape index (κ3) is 1.68. The lowest BCUT2D eigenvalue weighted by Crippen LogP contribution is -2.20. The molecule has 0 radical (unpaired) electrons. The van der Waals surface area contributed by atoms with Crippen LogP contribution in [0.2, 0.25) is 0 Å². The maximum absolute atomic E-state index is 14.0. The van der Waals surface area contributed by atoms with Crippen LogP contribution in [0.5, 0.6) is 0 Å². The van der Waals surface area contributed by atoms with Crippen molar-refractivity contribution < 1.29 is 4.57 Å². The molecule has 3 aromatic carbocycles. The van der Waals surface area contributed by atoms with E-state index in [0.717, 1.165) is 27.0 Å². The van der Waals surface area contributed by atoms with Crippen molar-refractivity contribution in [1.29, 1.82) is 0 Å². The average Bonchev–Trinajstić information content (AvgIpc) is 2.80. The first-order chi connectivity index (χ1) is 10.2. The Labute approximate surface area is 124 Å². The highest BCUT2D eigenvalue weighted by Crippen LogP contribution is 2.51. The van der Waals surface area contributed by atoms with Gasteiger partial charge in [0.15, 0.2) is 7.14 Å². The van der Waals surface area contributed by atoms with Gasteiger partial charge in [-0.3, -0.25) is 0 Å². The summed E-state index contributed by atoms with van der Waals surface area (Å²) in [5, 5.41) is 2.86. The van der Waals surface area contributed by atoms with E-state index in [1.807, 2.05) is 60.7 Å². The molecular formula is C19H15OP. The van der Waals surface area contributed by atoms with E-state index in [2.05, 4.69) is 19.1 Å². The van der Waals surface area contributed by atoms with Crippen molar-refractivity contribution in [3.8, 4) is 11.1 Å². The van der Waals surface area contributed by atoms with E-state index >= 15 is 0 Å². The van der Waals surface area contributed by atoms with Gasteiger partial charge in [0.1, 0.15) is 0 Å². The molecule has 0 spiro atoms. The zero-order chi connectivity index (χ0) is 14.4. The average molecular weight is 290 g/mol. The van der Waals surface area contributed by atoms with Crippen molar-refractivity contribution in [2.24, 2.45) is 0 Å². The predicted molar refractivity (Wildman–Crippen MR) is 89.6 cm³/mol. The molecule has 0 aliphatic carbocycles. The molecule has 0 fully saturated rings. The van der Waals surface area contributed by atoms with Gasteiger partial charge in [0.2, 0.25) is 0 Å². The summed E-state index contributed by atoms with van der Waals surface area (Å²) < 4.78 is 14.0. The van der Waals surface area contributed by atoms with Crippen LogP contribution in [-0.2, 0) is 4.57 Å². The Morgan fingerprint density at radius 2 is 1.14 bits per heavy atom. The topological polar surface area (TPSA) is 17.1 Å². The number of rotatable bonds is 1. The standard InChI is InChI=1S/C19H15OP/c1-14-10-12-15(13-11-14)21(20)18-8-4-2-6-16(18)17-7-3-5-9-19(17)21/h2-13H,1H3. The Kier molecular flexibility index (Phi) is 2.67. The molecule has 0 saturated heterocycles. The minimum Gasteiger partial charge on any atom is -0.309 e. The van der Waals surface area contributed by atoms with E-state index in [1.54, 1.807) is 0 Å². The van der Waals surface area contributed by atoms with E-state index in [4.69, 9.17) is 0 Å². The fraction of sp³-hybridized carbons (Fsp3) is 0.0526. The lowest BCUT2D eigenvalue weighted by Gasteiger charge is -2.15. The summed E-state index contributed by atoms with van der Waals surface area (Å²) in [6.07, 6.45) is 0. The van der Waals surface area contributed by atoms with E-state index in [9.17, 15) is 4.57 Å². The lowest BCUT2D eigenvalue weighted by atomic mass is 10.1. The molecule has 1 aliphatic rings. The fourth-order valence-electron chi connectivity index (χ4n) is 3.11. The molecule has 0 N–H and O–H groups in total. The predicted octanol–water partition coefficient (Wildman–Crippen LogP) is 3.61. The second kappa shape index (κ2) is 4.44. The van der Waals surface area contributed by atoms with Gasteiger partial charge in [0.25, 0.3) is 0 Å². The molecule has 1 heterocycles. The van der Waals surface area contributed by atoms with Crippen LogP contribution >= 0.6 is 7.14 Å². The Morgan fingerprint density at radius 1 is 0.667 bits per heavy atom. The molecule has 1 aliphatic heterocycles. The number of benzene rings is 3. The number of fused-ring (bicyclic) bond motifs is 3. The normalized spacial score (nSPS) is 14.5. The summed E-state index contributed by atoms with van der Waals surface area (Å²) in [5.74, 6) is 0. The van der Waals surface area contributed by atoms with E-state index in [0.29, 0.717) is 0 Å². The highest BCUT2D eigenvalue weighted by atomic mass is 31.2. The monoisotopic (exact) mass is 290 g/mol. The van der Waals surface area contributed by atoms with E-state index < -0.39 is 7.14 Å². The smallest absolute Gasteiger partial charge is 0.172 e. The van der Waals surface area contributed by atoms with Crippen molar-refractivity contribution in [2.45, 2.75) is 6.92 Å². The number of aryl methyl sites for hydroxylation is 1. The summed E-state index contributed by atoms with van der Waals surface area (Å²) in [7, 11) is -2.72. The minimum absolute atomic E-state index is 0.922. The summed E-state index contributed by atoms with van der Waals surface area (Å²) in [6.45, 7) is 2.05. The van der Waals surface area contributed by atoms with E-state index in [1.165, 1.54) is 5.56 Å². The summed E-state index contributed by atoms with van der Waals surface area (Å²) in [6, 6.07) is 24.2. The van der Waals surface area contributed by atoms with Crippen LogP contribution in [0.25, 0.3) is 11.1 Å². The maximum atomic E-state index is 14.0. The van der Waals surface area contributed by atoms with Gasteiger partial charge in [0, 0.05) is 15.9 Å². The molecule has 0 atom stereocenters.